The number of halogens is 2. The van der Waals surface area contributed by atoms with Crippen LogP contribution in [-0.4, -0.2) is 50.0 Å². The Labute approximate surface area is 88.3 Å². The van der Waals surface area contributed by atoms with E-state index in [0.717, 1.165) is 4.31 Å². The van der Waals surface area contributed by atoms with Crippen LogP contribution in [0.4, 0.5) is 8.78 Å². The minimum atomic E-state index is -3.91. The van der Waals surface area contributed by atoms with E-state index in [0.29, 0.717) is 0 Å². The van der Waals surface area contributed by atoms with Crippen molar-refractivity contribution in [3.63, 3.8) is 0 Å². The summed E-state index contributed by atoms with van der Waals surface area (Å²) in [5.74, 6) is -3.44. The topological polar surface area (TPSA) is 69.6 Å². The average molecular weight is 246 g/mol. The Bertz CT molecular complexity index is 293. The molecule has 0 unspecified atom stereocenters. The summed E-state index contributed by atoms with van der Waals surface area (Å²) < 4.78 is 50.4. The second kappa shape index (κ2) is 5.15. The fourth-order valence-corrected chi connectivity index (χ4v) is 1.78. The van der Waals surface area contributed by atoms with Crippen LogP contribution in [0.2, 0.25) is 0 Å². The molecule has 0 saturated carbocycles. The van der Waals surface area contributed by atoms with Crippen LogP contribution in [-0.2, 0) is 10.2 Å². The summed E-state index contributed by atoms with van der Waals surface area (Å²) in [7, 11) is -2.63. The zero-order valence-corrected chi connectivity index (χ0v) is 9.68. The summed E-state index contributed by atoms with van der Waals surface area (Å²) in [6.07, 6.45) is 0. The Morgan fingerprint density at radius 2 is 1.93 bits per heavy atom. The fraction of sp³-hybridized carbons (Fsp3) is 1.00. The third-order valence-electron chi connectivity index (χ3n) is 1.85. The molecule has 0 aliphatic carbocycles. The van der Waals surface area contributed by atoms with E-state index >= 15 is 0 Å². The zero-order chi connectivity index (χ0) is 12.3. The van der Waals surface area contributed by atoms with Gasteiger partial charge in [-0.05, 0) is 13.8 Å². The lowest BCUT2D eigenvalue weighted by atomic mass is 10.4. The van der Waals surface area contributed by atoms with Crippen molar-refractivity contribution in [3.8, 4) is 0 Å². The van der Waals surface area contributed by atoms with Gasteiger partial charge in [0, 0.05) is 13.1 Å². The number of hydrogen-bond donors (Lipinski definition) is 2. The van der Waals surface area contributed by atoms with Gasteiger partial charge in [-0.2, -0.15) is 17.4 Å². The third-order valence-corrected chi connectivity index (χ3v) is 3.54. The van der Waals surface area contributed by atoms with E-state index in [-0.39, 0.29) is 6.04 Å². The van der Waals surface area contributed by atoms with Gasteiger partial charge in [0.15, 0.2) is 0 Å². The van der Waals surface area contributed by atoms with Crippen molar-refractivity contribution in [3.05, 3.63) is 0 Å². The molecule has 0 spiro atoms. The van der Waals surface area contributed by atoms with Crippen LogP contribution < -0.4 is 4.72 Å². The number of hydrogen-bond acceptors (Lipinski definition) is 3. The highest BCUT2D eigenvalue weighted by molar-refractivity contribution is 7.87. The Balaban J connectivity index is 4.42. The molecule has 0 atom stereocenters. The zero-order valence-electron chi connectivity index (χ0n) is 8.87. The molecule has 0 aliphatic heterocycles. The maximum atomic E-state index is 12.6. The van der Waals surface area contributed by atoms with Gasteiger partial charge in [0.1, 0.15) is 6.61 Å². The van der Waals surface area contributed by atoms with Gasteiger partial charge in [-0.25, -0.2) is 8.78 Å². The van der Waals surface area contributed by atoms with Crippen LogP contribution in [0, 0.1) is 0 Å². The molecule has 15 heavy (non-hydrogen) atoms. The van der Waals surface area contributed by atoms with Gasteiger partial charge in [0.25, 0.3) is 16.1 Å². The highest BCUT2D eigenvalue weighted by Gasteiger charge is 2.31. The number of rotatable bonds is 6. The van der Waals surface area contributed by atoms with Gasteiger partial charge in [0.05, 0.1) is 6.54 Å². The Morgan fingerprint density at radius 1 is 1.47 bits per heavy atom. The number of alkyl halides is 2. The average Bonchev–Trinajstić information content (AvgIpc) is 2.14. The minimum absolute atomic E-state index is 0.328. The number of aliphatic hydroxyl groups excluding tert-OH is 1. The lowest BCUT2D eigenvalue weighted by Crippen LogP contribution is -2.46. The molecule has 0 bridgehead atoms. The molecule has 92 valence electrons. The molecule has 2 N–H and O–H groups in total. The van der Waals surface area contributed by atoms with Gasteiger partial charge in [-0.3, -0.25) is 0 Å². The second-order valence-corrected chi connectivity index (χ2v) is 5.26. The maximum absolute atomic E-state index is 12.6. The molecule has 0 radical (unpaired) electrons. The summed E-state index contributed by atoms with van der Waals surface area (Å²) in [4.78, 5) is 0. The van der Waals surface area contributed by atoms with E-state index in [1.54, 1.807) is 18.6 Å². The fourth-order valence-electron chi connectivity index (χ4n) is 0.632. The van der Waals surface area contributed by atoms with Gasteiger partial charge < -0.3 is 5.11 Å². The lowest BCUT2D eigenvalue weighted by Gasteiger charge is -2.22. The predicted molar refractivity (Wildman–Crippen MR) is 51.9 cm³/mol. The van der Waals surface area contributed by atoms with Crippen LogP contribution in [0.3, 0.4) is 0 Å². The Hall–Kier alpha value is -0.310. The van der Waals surface area contributed by atoms with E-state index in [4.69, 9.17) is 5.11 Å². The van der Waals surface area contributed by atoms with Gasteiger partial charge in [-0.15, -0.1) is 0 Å². The Kier molecular flexibility index (Phi) is 5.04. The first kappa shape index (κ1) is 14.7. The number of nitrogens with zero attached hydrogens (tertiary/aromatic N) is 1. The van der Waals surface area contributed by atoms with Gasteiger partial charge in [-0.1, -0.05) is 0 Å². The highest BCUT2D eigenvalue weighted by Crippen LogP contribution is 2.11. The van der Waals surface area contributed by atoms with E-state index in [9.17, 15) is 17.2 Å². The van der Waals surface area contributed by atoms with E-state index in [2.05, 4.69) is 0 Å². The SMILES string of the molecule is CC(C)N(C)S(=O)(=O)NCC(F)(F)CO. The van der Waals surface area contributed by atoms with Crippen LogP contribution in [0.5, 0.6) is 0 Å². The first-order valence-corrected chi connectivity index (χ1v) is 5.78. The molecule has 5 nitrogen and oxygen atoms in total. The van der Waals surface area contributed by atoms with E-state index < -0.39 is 29.3 Å². The van der Waals surface area contributed by atoms with Crippen molar-refractivity contribution < 1.29 is 22.3 Å². The molecule has 0 amide bonds. The maximum Gasteiger partial charge on any atom is 0.283 e. The molecule has 0 heterocycles. The molecular formula is C7H16F2N2O3S. The van der Waals surface area contributed by atoms with Crippen LogP contribution in [0.15, 0.2) is 0 Å². The monoisotopic (exact) mass is 246 g/mol. The van der Waals surface area contributed by atoms with E-state index in [1.807, 2.05) is 0 Å². The molecule has 0 aromatic rings. The summed E-state index contributed by atoms with van der Waals surface area (Å²) in [5.41, 5.74) is 0. The molecule has 0 fully saturated rings. The van der Waals surface area contributed by atoms with E-state index in [1.165, 1.54) is 7.05 Å². The third kappa shape index (κ3) is 4.83. The largest absolute Gasteiger partial charge is 0.390 e. The van der Waals surface area contributed by atoms with Crippen molar-refractivity contribution in [2.24, 2.45) is 0 Å². The molecule has 0 aliphatic rings. The van der Waals surface area contributed by atoms with Crippen molar-refractivity contribution in [1.82, 2.24) is 9.03 Å². The summed E-state index contributed by atoms with van der Waals surface area (Å²) in [6.45, 7) is 0.733. The van der Waals surface area contributed by atoms with Gasteiger partial charge >= 0.3 is 0 Å². The Morgan fingerprint density at radius 3 is 2.27 bits per heavy atom. The standard InChI is InChI=1S/C7H16F2N2O3S/c1-6(2)11(3)15(13,14)10-4-7(8,9)5-12/h6,10,12H,4-5H2,1-3H3. The van der Waals surface area contributed by atoms with Crippen LogP contribution in [0.25, 0.3) is 0 Å². The summed E-state index contributed by atoms with van der Waals surface area (Å²) in [6, 6.07) is -0.328. The second-order valence-electron chi connectivity index (χ2n) is 3.45. The molecular weight excluding hydrogens is 230 g/mol. The van der Waals surface area contributed by atoms with Gasteiger partial charge in [0.2, 0.25) is 0 Å². The van der Waals surface area contributed by atoms with Crippen molar-refractivity contribution in [1.29, 1.82) is 0 Å². The highest BCUT2D eigenvalue weighted by atomic mass is 32.2. The normalized spacial score (nSPS) is 13.9. The molecule has 8 heteroatoms. The first-order chi connectivity index (χ1) is 6.62. The van der Waals surface area contributed by atoms with Crippen LogP contribution in [0.1, 0.15) is 13.8 Å². The number of aliphatic hydroxyl groups is 1. The summed E-state index contributed by atoms with van der Waals surface area (Å²) >= 11 is 0. The number of nitrogens with one attached hydrogen (secondary N) is 1. The molecule has 0 aromatic heterocycles. The quantitative estimate of drug-likeness (QED) is 0.681. The molecule has 0 rings (SSSR count). The predicted octanol–water partition coefficient (Wildman–Crippen LogP) is -0.211. The van der Waals surface area contributed by atoms with Crippen molar-refractivity contribution >= 4 is 10.2 Å². The van der Waals surface area contributed by atoms with Crippen molar-refractivity contribution in [2.45, 2.75) is 25.8 Å². The smallest absolute Gasteiger partial charge is 0.283 e. The molecule has 0 aromatic carbocycles. The van der Waals surface area contributed by atoms with Crippen molar-refractivity contribution in [2.75, 3.05) is 20.2 Å². The molecule has 0 saturated heterocycles. The summed E-state index contributed by atoms with van der Waals surface area (Å²) in [5, 5.41) is 8.24. The van der Waals surface area contributed by atoms with Crippen LogP contribution >= 0.6 is 0 Å². The minimum Gasteiger partial charge on any atom is -0.390 e. The first-order valence-electron chi connectivity index (χ1n) is 4.33. The lowest BCUT2D eigenvalue weighted by molar-refractivity contribution is -0.0439.